The predicted octanol–water partition coefficient (Wildman–Crippen LogP) is 0.912. The Labute approximate surface area is 206 Å². The van der Waals surface area contributed by atoms with E-state index in [1.165, 1.54) is 0 Å². The number of nitrogens with two attached hydrogens (primary N) is 3. The highest BCUT2D eigenvalue weighted by molar-refractivity contribution is 5.97. The van der Waals surface area contributed by atoms with Gasteiger partial charge in [0.2, 0.25) is 11.8 Å². The zero-order chi connectivity index (χ0) is 26.8. The number of benzene rings is 1. The molecule has 10 N–H and O–H groups in total. The predicted molar refractivity (Wildman–Crippen MR) is 134 cm³/mol. The second-order valence-corrected chi connectivity index (χ2v) is 9.81. The Morgan fingerprint density at radius 3 is 2.14 bits per heavy atom. The van der Waals surface area contributed by atoms with Crippen molar-refractivity contribution in [2.75, 3.05) is 11.9 Å². The number of carbonyl (C=O) groups excluding carboxylic acids is 3. The van der Waals surface area contributed by atoms with Crippen molar-refractivity contribution in [3.05, 3.63) is 29.8 Å². The van der Waals surface area contributed by atoms with Crippen molar-refractivity contribution in [2.24, 2.45) is 28.5 Å². The summed E-state index contributed by atoms with van der Waals surface area (Å²) in [5.41, 5.74) is 17.6. The molecular formula is C24H40N6O5. The summed E-state index contributed by atoms with van der Waals surface area (Å²) in [5.74, 6) is -1.85. The number of aliphatic carboxylic acids is 1. The van der Waals surface area contributed by atoms with Crippen LogP contribution < -0.4 is 33.2 Å². The molecule has 0 aliphatic rings. The molecule has 0 heterocycles. The zero-order valence-corrected chi connectivity index (χ0v) is 21.0. The highest BCUT2D eigenvalue weighted by Gasteiger charge is 2.29. The number of anilines is 1. The van der Waals surface area contributed by atoms with Gasteiger partial charge in [-0.2, -0.15) is 0 Å². The van der Waals surface area contributed by atoms with Gasteiger partial charge in [0.25, 0.3) is 0 Å². The van der Waals surface area contributed by atoms with Crippen molar-refractivity contribution in [2.45, 2.75) is 71.5 Å². The van der Waals surface area contributed by atoms with Crippen molar-refractivity contribution in [1.29, 1.82) is 0 Å². The first-order valence-electron chi connectivity index (χ1n) is 11.7. The van der Waals surface area contributed by atoms with Crippen LogP contribution in [0.15, 0.2) is 24.3 Å². The minimum absolute atomic E-state index is 0.102. The molecule has 1 aromatic carbocycles. The number of primary amides is 1. The van der Waals surface area contributed by atoms with Crippen LogP contribution in [0.2, 0.25) is 0 Å². The molecule has 0 saturated heterocycles. The van der Waals surface area contributed by atoms with Crippen LogP contribution in [-0.4, -0.2) is 53.6 Å². The number of hydrogen-bond donors (Lipinski definition) is 7. The van der Waals surface area contributed by atoms with Crippen LogP contribution in [0.5, 0.6) is 0 Å². The molecule has 0 aromatic heterocycles. The molecule has 0 radical (unpaired) electrons. The Morgan fingerprint density at radius 2 is 1.63 bits per heavy atom. The normalized spacial score (nSPS) is 14.0. The van der Waals surface area contributed by atoms with E-state index in [0.717, 1.165) is 5.56 Å². The van der Waals surface area contributed by atoms with Gasteiger partial charge in [-0.15, -0.1) is 0 Å². The van der Waals surface area contributed by atoms with Crippen LogP contribution in [0.3, 0.4) is 0 Å². The second-order valence-electron chi connectivity index (χ2n) is 9.81. The summed E-state index contributed by atoms with van der Waals surface area (Å²) in [5, 5.41) is 17.2. The van der Waals surface area contributed by atoms with E-state index in [0.29, 0.717) is 24.9 Å². The Morgan fingerprint density at radius 1 is 1.03 bits per heavy atom. The Balaban J connectivity index is 2.79. The van der Waals surface area contributed by atoms with Crippen molar-refractivity contribution in [1.82, 2.24) is 10.6 Å². The third-order valence-electron chi connectivity index (χ3n) is 5.69. The highest BCUT2D eigenvalue weighted by atomic mass is 16.4. The van der Waals surface area contributed by atoms with Gasteiger partial charge in [0.15, 0.2) is 0 Å². The molecule has 1 aromatic rings. The van der Waals surface area contributed by atoms with Gasteiger partial charge in [-0.3, -0.25) is 14.4 Å². The quantitative estimate of drug-likeness (QED) is 0.187. The van der Waals surface area contributed by atoms with Crippen molar-refractivity contribution in [3.8, 4) is 0 Å². The summed E-state index contributed by atoms with van der Waals surface area (Å²) < 4.78 is 0. The fraction of sp³-hybridized carbons (Fsp3) is 0.583. The van der Waals surface area contributed by atoms with E-state index in [2.05, 4.69) is 16.0 Å². The van der Waals surface area contributed by atoms with E-state index in [1.54, 1.807) is 26.0 Å². The van der Waals surface area contributed by atoms with Crippen LogP contribution in [0.1, 0.15) is 52.5 Å². The topological polar surface area (TPSA) is 203 Å². The summed E-state index contributed by atoms with van der Waals surface area (Å²) in [6.45, 7) is 7.17. The highest BCUT2D eigenvalue weighted by Crippen LogP contribution is 2.23. The molecule has 0 aliphatic carbocycles. The van der Waals surface area contributed by atoms with E-state index in [9.17, 15) is 24.3 Å². The zero-order valence-electron chi connectivity index (χ0n) is 21.0. The van der Waals surface area contributed by atoms with Gasteiger partial charge < -0.3 is 38.3 Å². The number of carbonyl (C=O) groups is 4. The molecule has 11 nitrogen and oxygen atoms in total. The lowest BCUT2D eigenvalue weighted by Gasteiger charge is -2.23. The number of hydrogen-bond acceptors (Lipinski definition) is 6. The molecule has 0 spiro atoms. The molecular weight excluding hydrogens is 452 g/mol. The largest absolute Gasteiger partial charge is 0.481 e. The van der Waals surface area contributed by atoms with Crippen LogP contribution in [0.4, 0.5) is 10.5 Å². The monoisotopic (exact) mass is 492 g/mol. The van der Waals surface area contributed by atoms with Crippen molar-refractivity contribution >= 4 is 29.5 Å². The lowest BCUT2D eigenvalue weighted by Crippen LogP contribution is -2.51. The minimum Gasteiger partial charge on any atom is -0.481 e. The maximum atomic E-state index is 12.9. The smallest absolute Gasteiger partial charge is 0.312 e. The Bertz CT molecular complexity index is 872. The first kappa shape index (κ1) is 29.9. The van der Waals surface area contributed by atoms with Gasteiger partial charge in [-0.05, 0) is 63.1 Å². The molecule has 0 unspecified atom stereocenters. The first-order valence-corrected chi connectivity index (χ1v) is 11.7. The number of amides is 4. The fourth-order valence-electron chi connectivity index (χ4n) is 3.43. The van der Waals surface area contributed by atoms with Crippen molar-refractivity contribution in [3.63, 3.8) is 0 Å². The average molecular weight is 493 g/mol. The summed E-state index contributed by atoms with van der Waals surface area (Å²) in [6.07, 6.45) is 1.51. The molecule has 35 heavy (non-hydrogen) atoms. The van der Waals surface area contributed by atoms with E-state index >= 15 is 0 Å². The summed E-state index contributed by atoms with van der Waals surface area (Å²) in [4.78, 5) is 47.5. The molecule has 11 heteroatoms. The van der Waals surface area contributed by atoms with Gasteiger partial charge >= 0.3 is 12.0 Å². The third-order valence-corrected chi connectivity index (χ3v) is 5.69. The number of urea groups is 1. The maximum Gasteiger partial charge on any atom is 0.312 e. The van der Waals surface area contributed by atoms with Crippen LogP contribution in [0.25, 0.3) is 0 Å². The SMILES string of the molecule is CC(C)[C@H](N)C(=O)N[C@@H](CCCNC(N)=O)C(=O)Nc1ccc(C[C@H](N)CC(C)(C)C(=O)O)cc1. The lowest BCUT2D eigenvalue weighted by molar-refractivity contribution is -0.147. The summed E-state index contributed by atoms with van der Waals surface area (Å²) in [6, 6.07) is 4.44. The first-order chi connectivity index (χ1) is 16.2. The van der Waals surface area contributed by atoms with Crippen molar-refractivity contribution < 1.29 is 24.3 Å². The van der Waals surface area contributed by atoms with Gasteiger partial charge in [0.1, 0.15) is 6.04 Å². The number of carboxylic acids is 1. The molecule has 4 amide bonds. The van der Waals surface area contributed by atoms with E-state index in [-0.39, 0.29) is 24.9 Å². The average Bonchev–Trinajstić information content (AvgIpc) is 2.75. The fourth-order valence-corrected chi connectivity index (χ4v) is 3.43. The Hall–Kier alpha value is -3.18. The molecule has 0 bridgehead atoms. The molecule has 0 aliphatic heterocycles. The molecule has 1 rings (SSSR count). The van der Waals surface area contributed by atoms with Gasteiger partial charge in [0.05, 0.1) is 11.5 Å². The van der Waals surface area contributed by atoms with E-state index in [4.69, 9.17) is 17.2 Å². The van der Waals surface area contributed by atoms with Crippen LogP contribution in [-0.2, 0) is 20.8 Å². The van der Waals surface area contributed by atoms with Crippen LogP contribution in [0, 0.1) is 11.3 Å². The summed E-state index contributed by atoms with van der Waals surface area (Å²) in [7, 11) is 0. The van der Waals surface area contributed by atoms with Gasteiger partial charge in [0, 0.05) is 18.3 Å². The molecule has 196 valence electrons. The number of nitrogens with one attached hydrogen (secondary N) is 3. The van der Waals surface area contributed by atoms with Gasteiger partial charge in [-0.1, -0.05) is 26.0 Å². The Kier molecular flexibility index (Phi) is 11.6. The van der Waals surface area contributed by atoms with E-state index in [1.807, 2.05) is 26.0 Å². The number of carboxylic acid groups (broad SMARTS) is 1. The lowest BCUT2D eigenvalue weighted by atomic mass is 9.84. The third kappa shape index (κ3) is 10.7. The summed E-state index contributed by atoms with van der Waals surface area (Å²) >= 11 is 0. The van der Waals surface area contributed by atoms with E-state index < -0.39 is 41.3 Å². The van der Waals surface area contributed by atoms with Crippen LogP contribution >= 0.6 is 0 Å². The molecule has 3 atom stereocenters. The minimum atomic E-state index is -0.919. The molecule has 0 saturated carbocycles. The molecule has 0 fully saturated rings. The maximum absolute atomic E-state index is 12.9. The second kappa shape index (κ2) is 13.6. The standard InChI is InChI=1S/C24H40N6O5/c1-14(2)19(26)21(32)30-18(6-5-11-28-23(27)35)20(31)29-17-9-7-15(8-10-17)12-16(25)13-24(3,4)22(33)34/h7-10,14,16,18-19H,5-6,11-13,25-26H2,1-4H3,(H,29,31)(H,30,32)(H,33,34)(H3,27,28,35)/t16-,18-,19-/m0/s1. The van der Waals surface area contributed by atoms with Gasteiger partial charge in [-0.25, -0.2) is 4.79 Å². The number of rotatable bonds is 14.